The van der Waals surface area contributed by atoms with Gasteiger partial charge in [-0.25, -0.2) is 0 Å². The Labute approximate surface area is 276 Å². The van der Waals surface area contributed by atoms with E-state index in [2.05, 4.69) is 83.6 Å². The van der Waals surface area contributed by atoms with Crippen molar-refractivity contribution in [1.82, 2.24) is 15.1 Å². The molecular formula is C37H49Cl2N3O2. The van der Waals surface area contributed by atoms with Crippen LogP contribution in [0.25, 0.3) is 0 Å². The number of nitrogens with one attached hydrogen (secondary N) is 1. The normalized spacial score (nSPS) is 24.8. The molecule has 0 spiro atoms. The second-order valence-electron chi connectivity index (χ2n) is 13.2. The van der Waals surface area contributed by atoms with Crippen molar-refractivity contribution in [3.63, 3.8) is 0 Å². The zero-order chi connectivity index (χ0) is 29.1. The lowest BCUT2D eigenvalue weighted by atomic mass is 9.57. The average molecular weight is 639 g/mol. The van der Waals surface area contributed by atoms with Gasteiger partial charge in [0.25, 0.3) is 0 Å². The number of aromatic hydroxyl groups is 1. The van der Waals surface area contributed by atoms with E-state index in [9.17, 15) is 9.90 Å². The first-order valence-corrected chi connectivity index (χ1v) is 16.1. The summed E-state index contributed by atoms with van der Waals surface area (Å²) in [5, 5.41) is 13.9. The lowest BCUT2D eigenvalue weighted by Gasteiger charge is -2.56. The van der Waals surface area contributed by atoms with Crippen molar-refractivity contribution in [2.45, 2.75) is 82.8 Å². The first-order chi connectivity index (χ1) is 20.4. The van der Waals surface area contributed by atoms with E-state index in [1.165, 1.54) is 27.8 Å². The number of likely N-dealkylation sites (tertiary alicyclic amines) is 1. The van der Waals surface area contributed by atoms with E-state index >= 15 is 0 Å². The SMILES string of the molecule is Cc1ccccc1CCCN1C[C@@H](C)[C@]2(c3cccc(O)c3)C[C@@H](NC(=O)CCN3CCc4ccccc4C3)C[C@H]1C2.Cl.Cl. The van der Waals surface area contributed by atoms with Crippen LogP contribution in [0.1, 0.15) is 66.8 Å². The number of amides is 1. The molecular weight excluding hydrogens is 589 g/mol. The van der Waals surface area contributed by atoms with Gasteiger partial charge in [-0.15, -0.1) is 24.8 Å². The smallest absolute Gasteiger partial charge is 0.221 e. The monoisotopic (exact) mass is 637 g/mol. The molecule has 238 valence electrons. The minimum absolute atomic E-state index is 0. The number of rotatable bonds is 9. The first kappa shape index (κ1) is 34.3. The summed E-state index contributed by atoms with van der Waals surface area (Å²) in [5.41, 5.74) is 6.85. The minimum Gasteiger partial charge on any atom is -0.508 e. The van der Waals surface area contributed by atoms with Crippen molar-refractivity contribution in [2.24, 2.45) is 5.92 Å². The second kappa shape index (κ2) is 15.1. The summed E-state index contributed by atoms with van der Waals surface area (Å²) in [6.45, 7) is 9.49. The number of hydrogen-bond acceptors (Lipinski definition) is 4. The van der Waals surface area contributed by atoms with Crippen LogP contribution >= 0.6 is 24.8 Å². The number of phenolic OH excluding ortho intramolecular Hbond substituents is 1. The molecule has 44 heavy (non-hydrogen) atoms. The van der Waals surface area contributed by atoms with Crippen LogP contribution in [0.3, 0.4) is 0 Å². The summed E-state index contributed by atoms with van der Waals surface area (Å²) in [6.07, 6.45) is 6.87. The first-order valence-electron chi connectivity index (χ1n) is 16.1. The van der Waals surface area contributed by atoms with Crippen LogP contribution < -0.4 is 5.32 Å². The van der Waals surface area contributed by atoms with Gasteiger partial charge >= 0.3 is 0 Å². The molecule has 1 saturated heterocycles. The fourth-order valence-corrected chi connectivity index (χ4v) is 8.18. The van der Waals surface area contributed by atoms with Gasteiger partial charge < -0.3 is 10.4 Å². The van der Waals surface area contributed by atoms with Gasteiger partial charge in [-0.05, 0) is 97.9 Å². The molecule has 1 saturated carbocycles. The number of aryl methyl sites for hydroxylation is 2. The highest BCUT2D eigenvalue weighted by atomic mass is 35.5. The van der Waals surface area contributed by atoms with Crippen LogP contribution in [-0.2, 0) is 29.6 Å². The summed E-state index contributed by atoms with van der Waals surface area (Å²) in [6, 6.07) is 25.9. The van der Waals surface area contributed by atoms with Gasteiger partial charge in [-0.1, -0.05) is 67.6 Å². The predicted molar refractivity (Wildman–Crippen MR) is 184 cm³/mol. The molecule has 6 rings (SSSR count). The molecule has 0 unspecified atom stereocenters. The van der Waals surface area contributed by atoms with E-state index < -0.39 is 0 Å². The number of fused-ring (bicyclic) bond motifs is 3. The van der Waals surface area contributed by atoms with Crippen molar-refractivity contribution in [2.75, 3.05) is 26.2 Å². The molecule has 2 aliphatic heterocycles. The number of hydrogen-bond donors (Lipinski definition) is 2. The van der Waals surface area contributed by atoms with E-state index in [4.69, 9.17) is 0 Å². The maximum atomic E-state index is 13.3. The molecule has 3 aromatic carbocycles. The molecule has 1 amide bonds. The van der Waals surface area contributed by atoms with Crippen LogP contribution in [0.15, 0.2) is 72.8 Å². The third-order valence-electron chi connectivity index (χ3n) is 10.5. The fraction of sp³-hybridized carbons (Fsp3) is 0.486. The van der Waals surface area contributed by atoms with Crippen molar-refractivity contribution in [3.8, 4) is 5.75 Å². The molecule has 0 aromatic heterocycles. The van der Waals surface area contributed by atoms with Gasteiger partial charge in [-0.3, -0.25) is 14.6 Å². The van der Waals surface area contributed by atoms with Crippen LogP contribution in [0.5, 0.6) is 5.75 Å². The largest absolute Gasteiger partial charge is 0.508 e. The molecule has 1 aliphatic carbocycles. The van der Waals surface area contributed by atoms with E-state index in [1.54, 1.807) is 6.07 Å². The summed E-state index contributed by atoms with van der Waals surface area (Å²) < 4.78 is 0. The molecule has 5 nitrogen and oxygen atoms in total. The average Bonchev–Trinajstić information content (AvgIpc) is 2.99. The quantitative estimate of drug-likeness (QED) is 0.269. The maximum Gasteiger partial charge on any atom is 0.221 e. The third kappa shape index (κ3) is 7.62. The molecule has 7 heteroatoms. The molecule has 4 atom stereocenters. The number of carbonyl (C=O) groups is 1. The van der Waals surface area contributed by atoms with E-state index in [0.29, 0.717) is 24.1 Å². The van der Waals surface area contributed by atoms with Crippen LogP contribution in [0.4, 0.5) is 0 Å². The summed E-state index contributed by atoms with van der Waals surface area (Å²) in [7, 11) is 0. The Morgan fingerprint density at radius 1 is 0.977 bits per heavy atom. The maximum absolute atomic E-state index is 13.3. The number of carbonyl (C=O) groups excluding carboxylic acids is 1. The molecule has 2 N–H and O–H groups in total. The van der Waals surface area contributed by atoms with Gasteiger partial charge in [0.15, 0.2) is 0 Å². The van der Waals surface area contributed by atoms with Gasteiger partial charge in [0, 0.05) is 50.1 Å². The van der Waals surface area contributed by atoms with Crippen LogP contribution in [0.2, 0.25) is 0 Å². The van der Waals surface area contributed by atoms with E-state index in [1.807, 2.05) is 12.1 Å². The Morgan fingerprint density at radius 3 is 2.55 bits per heavy atom. The van der Waals surface area contributed by atoms with E-state index in [-0.39, 0.29) is 42.2 Å². The summed E-state index contributed by atoms with van der Waals surface area (Å²) >= 11 is 0. The van der Waals surface area contributed by atoms with Crippen molar-refractivity contribution >= 4 is 30.7 Å². The number of halogens is 2. The van der Waals surface area contributed by atoms with E-state index in [0.717, 1.165) is 71.2 Å². The molecule has 3 aromatic rings. The number of phenols is 1. The Hall–Kier alpha value is -2.57. The molecule has 2 heterocycles. The highest BCUT2D eigenvalue weighted by Gasteiger charge is 2.51. The predicted octanol–water partition coefficient (Wildman–Crippen LogP) is 6.85. The number of benzene rings is 3. The zero-order valence-electron chi connectivity index (χ0n) is 26.2. The van der Waals surface area contributed by atoms with Gasteiger partial charge in [0.2, 0.25) is 5.91 Å². The van der Waals surface area contributed by atoms with Crippen LogP contribution in [-0.4, -0.2) is 59.1 Å². The number of nitrogens with zero attached hydrogens (tertiary/aromatic N) is 2. The molecule has 2 bridgehead atoms. The molecule has 2 fully saturated rings. The fourth-order valence-electron chi connectivity index (χ4n) is 8.18. The third-order valence-corrected chi connectivity index (χ3v) is 10.5. The summed E-state index contributed by atoms with van der Waals surface area (Å²) in [4.78, 5) is 18.5. The Bertz CT molecular complexity index is 1400. The van der Waals surface area contributed by atoms with Gasteiger partial charge in [0.1, 0.15) is 5.75 Å². The Kier molecular flexibility index (Phi) is 11.8. The zero-order valence-corrected chi connectivity index (χ0v) is 27.8. The summed E-state index contributed by atoms with van der Waals surface area (Å²) in [5.74, 6) is 0.936. The van der Waals surface area contributed by atoms with Crippen LogP contribution in [0, 0.1) is 12.8 Å². The van der Waals surface area contributed by atoms with Crippen molar-refractivity contribution in [1.29, 1.82) is 0 Å². The molecule has 0 radical (unpaired) electrons. The minimum atomic E-state index is -0.0390. The lowest BCUT2D eigenvalue weighted by molar-refractivity contribution is -0.123. The Morgan fingerprint density at radius 2 is 1.75 bits per heavy atom. The second-order valence-corrected chi connectivity index (χ2v) is 13.2. The molecule has 3 aliphatic rings. The van der Waals surface area contributed by atoms with Crippen molar-refractivity contribution in [3.05, 3.63) is 101 Å². The standard InChI is InChI=1S/C37H47N3O2.2ClH/c1-27-9-3-4-10-29(27)13-8-18-40-25-28(2)37(32-14-7-15-35(41)21-32)23-33(22-34(40)24-37)38-36(42)17-20-39-19-16-30-11-5-6-12-31(30)26-39;;/h3-7,9-12,14-15,21,28,33-34,41H,8,13,16-20,22-26H2,1-2H3,(H,38,42);2*1H/t28-,33+,34+,37+;;/m1../s1. The van der Waals surface area contributed by atoms with Gasteiger partial charge in [0.05, 0.1) is 0 Å². The highest BCUT2D eigenvalue weighted by molar-refractivity contribution is 5.85. The Balaban J connectivity index is 0.00000221. The lowest BCUT2D eigenvalue weighted by Crippen LogP contribution is -2.61. The topological polar surface area (TPSA) is 55.8 Å². The van der Waals surface area contributed by atoms with Crippen molar-refractivity contribution < 1.29 is 9.90 Å². The van der Waals surface area contributed by atoms with Gasteiger partial charge in [-0.2, -0.15) is 0 Å². The highest BCUT2D eigenvalue weighted by Crippen LogP contribution is 2.50. The number of piperidine rings is 1.